The van der Waals surface area contributed by atoms with E-state index < -0.39 is 6.03 Å². The average Bonchev–Trinajstić information content (AvgIpc) is 2.72. The van der Waals surface area contributed by atoms with Gasteiger partial charge in [0.1, 0.15) is 0 Å². The van der Waals surface area contributed by atoms with E-state index in [2.05, 4.69) is 10.3 Å². The molecule has 0 unspecified atom stereocenters. The monoisotopic (exact) mass is 411 g/mol. The molecule has 0 spiro atoms. The van der Waals surface area contributed by atoms with E-state index in [1.165, 1.54) is 9.80 Å². The van der Waals surface area contributed by atoms with Gasteiger partial charge < -0.3 is 4.90 Å². The van der Waals surface area contributed by atoms with Crippen LogP contribution in [0.4, 0.5) is 10.5 Å². The Bertz CT molecular complexity index is 918. The molecule has 7 nitrogen and oxygen atoms in total. The van der Waals surface area contributed by atoms with Gasteiger partial charge in [0.25, 0.3) is 0 Å². The molecular weight excluding hydrogens is 390 g/mol. The summed E-state index contributed by atoms with van der Waals surface area (Å²) < 4.78 is 0. The van der Waals surface area contributed by atoms with E-state index in [1.807, 2.05) is 19.9 Å². The van der Waals surface area contributed by atoms with Gasteiger partial charge >= 0.3 is 6.03 Å². The summed E-state index contributed by atoms with van der Waals surface area (Å²) in [6.45, 7) is 3.95. The van der Waals surface area contributed by atoms with Crippen molar-refractivity contribution in [2.45, 2.75) is 26.4 Å². The minimum atomic E-state index is -0.393. The van der Waals surface area contributed by atoms with E-state index >= 15 is 0 Å². The number of aliphatic imine (C=N–C) groups is 1. The maximum Gasteiger partial charge on any atom is 0.324 e. The fourth-order valence-corrected chi connectivity index (χ4v) is 2.39. The van der Waals surface area contributed by atoms with Crippen LogP contribution in [0, 0.1) is 11.3 Å². The summed E-state index contributed by atoms with van der Waals surface area (Å²) >= 11 is 5.92. The van der Waals surface area contributed by atoms with E-state index in [4.69, 9.17) is 16.9 Å². The molecule has 0 aliphatic carbocycles. The Hall–Kier alpha value is -3.37. The SMILES string of the molecule is CC(C)N(C)C(=O)NC(=Nc1ccc(C#N)cc1)N(C=O)Cc1ccc(Cl)cc1. The van der Waals surface area contributed by atoms with Gasteiger partial charge in [-0.2, -0.15) is 5.26 Å². The van der Waals surface area contributed by atoms with Gasteiger partial charge in [0.05, 0.1) is 23.9 Å². The number of nitrogens with zero attached hydrogens (tertiary/aromatic N) is 4. The van der Waals surface area contributed by atoms with Crippen molar-refractivity contribution in [2.75, 3.05) is 7.05 Å². The van der Waals surface area contributed by atoms with Gasteiger partial charge in [0.2, 0.25) is 12.4 Å². The van der Waals surface area contributed by atoms with E-state index in [-0.39, 0.29) is 18.5 Å². The molecule has 0 aliphatic rings. The number of rotatable bonds is 5. The molecule has 2 aromatic rings. The minimum Gasteiger partial charge on any atom is -0.325 e. The molecule has 0 fully saturated rings. The molecule has 150 valence electrons. The Labute approximate surface area is 175 Å². The molecule has 0 saturated heterocycles. The van der Waals surface area contributed by atoms with Crippen molar-refractivity contribution in [3.05, 3.63) is 64.7 Å². The topological polar surface area (TPSA) is 88.8 Å². The first-order chi connectivity index (χ1) is 13.8. The molecule has 3 amide bonds. The van der Waals surface area contributed by atoms with Crippen molar-refractivity contribution in [3.63, 3.8) is 0 Å². The second-order valence-corrected chi connectivity index (χ2v) is 7.03. The summed E-state index contributed by atoms with van der Waals surface area (Å²) in [6.07, 6.45) is 0.604. The summed E-state index contributed by atoms with van der Waals surface area (Å²) in [5, 5.41) is 12.2. The Kier molecular flexibility index (Phi) is 7.75. The van der Waals surface area contributed by atoms with Gasteiger partial charge in [-0.05, 0) is 55.8 Å². The van der Waals surface area contributed by atoms with Crippen molar-refractivity contribution in [1.82, 2.24) is 15.1 Å². The standard InChI is InChI=1S/C21H22ClN5O2/c1-15(2)26(3)21(29)25-20(24-19-10-6-16(12-23)7-11-19)27(14-28)13-17-4-8-18(22)9-5-17/h4-11,14-15H,13H2,1-3H3,(H,24,25,29). The number of halogens is 1. The summed E-state index contributed by atoms with van der Waals surface area (Å²) in [5.74, 6) is 0.0807. The lowest BCUT2D eigenvalue weighted by Crippen LogP contribution is -2.49. The quantitative estimate of drug-likeness (QED) is 0.459. The van der Waals surface area contributed by atoms with Gasteiger partial charge in [-0.15, -0.1) is 0 Å². The lowest BCUT2D eigenvalue weighted by molar-refractivity contribution is -0.115. The van der Waals surface area contributed by atoms with Crippen LogP contribution in [0.1, 0.15) is 25.0 Å². The summed E-state index contributed by atoms with van der Waals surface area (Å²) in [4.78, 5) is 31.6. The maximum absolute atomic E-state index is 12.5. The predicted octanol–water partition coefficient (Wildman–Crippen LogP) is 3.91. The highest BCUT2D eigenvalue weighted by Crippen LogP contribution is 2.15. The molecule has 2 aromatic carbocycles. The normalized spacial score (nSPS) is 11.0. The van der Waals surface area contributed by atoms with Crippen LogP contribution >= 0.6 is 11.6 Å². The van der Waals surface area contributed by atoms with Crippen molar-refractivity contribution in [1.29, 1.82) is 5.26 Å². The van der Waals surface area contributed by atoms with Gasteiger partial charge in [0.15, 0.2) is 0 Å². The highest BCUT2D eigenvalue weighted by Gasteiger charge is 2.19. The predicted molar refractivity (Wildman–Crippen MR) is 113 cm³/mol. The molecule has 29 heavy (non-hydrogen) atoms. The fraction of sp³-hybridized carbons (Fsp3) is 0.238. The van der Waals surface area contributed by atoms with Crippen LogP contribution < -0.4 is 5.32 Å². The molecule has 0 heterocycles. The van der Waals surface area contributed by atoms with E-state index in [9.17, 15) is 9.59 Å². The number of hydrogen-bond acceptors (Lipinski definition) is 4. The maximum atomic E-state index is 12.5. The number of carbonyl (C=O) groups excluding carboxylic acids is 2. The lowest BCUT2D eigenvalue weighted by Gasteiger charge is -2.25. The summed E-state index contributed by atoms with van der Waals surface area (Å²) in [7, 11) is 1.66. The van der Waals surface area contributed by atoms with E-state index in [0.717, 1.165) is 5.56 Å². The first-order valence-corrected chi connectivity index (χ1v) is 9.31. The molecule has 0 radical (unpaired) electrons. The van der Waals surface area contributed by atoms with Crippen LogP contribution in [0.15, 0.2) is 53.5 Å². The number of benzene rings is 2. The molecule has 0 aromatic heterocycles. The third kappa shape index (κ3) is 6.33. The van der Waals surface area contributed by atoms with Crippen LogP contribution in [-0.4, -0.2) is 41.3 Å². The van der Waals surface area contributed by atoms with Crippen LogP contribution in [0.2, 0.25) is 5.02 Å². The molecule has 0 saturated carbocycles. The van der Waals surface area contributed by atoms with Gasteiger partial charge in [-0.1, -0.05) is 23.7 Å². The Morgan fingerprint density at radius 3 is 2.34 bits per heavy atom. The molecule has 1 N–H and O–H groups in total. The van der Waals surface area contributed by atoms with Crippen molar-refractivity contribution in [2.24, 2.45) is 4.99 Å². The van der Waals surface area contributed by atoms with Crippen LogP contribution in [-0.2, 0) is 11.3 Å². The van der Waals surface area contributed by atoms with Gasteiger partial charge in [0, 0.05) is 18.1 Å². The van der Waals surface area contributed by atoms with Crippen LogP contribution in [0.5, 0.6) is 0 Å². The number of hydrogen-bond donors (Lipinski definition) is 1. The zero-order chi connectivity index (χ0) is 21.4. The highest BCUT2D eigenvalue weighted by molar-refractivity contribution is 6.30. The third-order valence-electron chi connectivity index (χ3n) is 4.21. The van der Waals surface area contributed by atoms with E-state index in [0.29, 0.717) is 22.7 Å². The number of urea groups is 1. The number of carbonyl (C=O) groups is 2. The summed E-state index contributed by atoms with van der Waals surface area (Å²) in [5.41, 5.74) is 1.80. The molecule has 2 rings (SSSR count). The second-order valence-electron chi connectivity index (χ2n) is 6.59. The lowest BCUT2D eigenvalue weighted by atomic mass is 10.2. The first-order valence-electron chi connectivity index (χ1n) is 8.93. The minimum absolute atomic E-state index is 0.0351. The Balaban J connectivity index is 2.35. The number of amides is 3. The average molecular weight is 412 g/mol. The molecular formula is C21H22ClN5O2. The number of guanidine groups is 1. The van der Waals surface area contributed by atoms with Crippen molar-refractivity contribution < 1.29 is 9.59 Å². The fourth-order valence-electron chi connectivity index (χ4n) is 2.26. The van der Waals surface area contributed by atoms with E-state index in [1.54, 1.807) is 55.6 Å². The second kappa shape index (κ2) is 10.2. The first kappa shape index (κ1) is 21.9. The van der Waals surface area contributed by atoms with Crippen LogP contribution in [0.3, 0.4) is 0 Å². The zero-order valence-electron chi connectivity index (χ0n) is 16.5. The zero-order valence-corrected chi connectivity index (χ0v) is 17.2. The summed E-state index contributed by atoms with van der Waals surface area (Å²) in [6, 6.07) is 15.2. The Morgan fingerprint density at radius 2 is 1.83 bits per heavy atom. The molecule has 8 heteroatoms. The van der Waals surface area contributed by atoms with Gasteiger partial charge in [-0.3, -0.25) is 15.0 Å². The number of nitrogens with one attached hydrogen (secondary N) is 1. The molecule has 0 atom stereocenters. The van der Waals surface area contributed by atoms with Crippen LogP contribution in [0.25, 0.3) is 0 Å². The van der Waals surface area contributed by atoms with Gasteiger partial charge in [-0.25, -0.2) is 9.79 Å². The third-order valence-corrected chi connectivity index (χ3v) is 4.46. The van der Waals surface area contributed by atoms with Crippen molar-refractivity contribution in [3.8, 4) is 6.07 Å². The smallest absolute Gasteiger partial charge is 0.324 e. The van der Waals surface area contributed by atoms with Crippen molar-refractivity contribution >= 4 is 35.7 Å². The molecule has 0 aliphatic heterocycles. The highest BCUT2D eigenvalue weighted by atomic mass is 35.5. The molecule has 0 bridgehead atoms. The largest absolute Gasteiger partial charge is 0.325 e. The Morgan fingerprint density at radius 1 is 1.21 bits per heavy atom. The number of nitriles is 1.